The minimum atomic E-state index is -1.72. The number of hydrogen-bond acceptors (Lipinski definition) is 5. The van der Waals surface area contributed by atoms with Gasteiger partial charge in [0, 0.05) is 12.5 Å². The molecule has 6 heteroatoms. The first kappa shape index (κ1) is 29.0. The van der Waals surface area contributed by atoms with Crippen molar-refractivity contribution < 1.29 is 24.5 Å². The van der Waals surface area contributed by atoms with Crippen molar-refractivity contribution in [2.24, 2.45) is 17.8 Å². The third-order valence-electron chi connectivity index (χ3n) is 6.66. The van der Waals surface area contributed by atoms with Crippen LogP contribution in [0.5, 0.6) is 0 Å². The number of carbonyl (C=O) groups is 2. The molecule has 0 radical (unpaired) electrons. The van der Waals surface area contributed by atoms with Crippen LogP contribution < -0.4 is 5.32 Å². The lowest BCUT2D eigenvalue weighted by Crippen LogP contribution is -2.52. The average molecular weight is 486 g/mol. The molecule has 0 spiro atoms. The summed E-state index contributed by atoms with van der Waals surface area (Å²) in [6.07, 6.45) is 18.5. The Morgan fingerprint density at radius 2 is 1.91 bits per heavy atom. The molecule has 3 unspecified atom stereocenters. The second kappa shape index (κ2) is 13.7. The lowest BCUT2D eigenvalue weighted by atomic mass is 9.82. The molecule has 35 heavy (non-hydrogen) atoms. The van der Waals surface area contributed by atoms with Crippen molar-refractivity contribution in [2.75, 3.05) is 6.61 Å². The van der Waals surface area contributed by atoms with E-state index in [-0.39, 0.29) is 12.5 Å². The van der Waals surface area contributed by atoms with Crippen LogP contribution in [-0.2, 0) is 14.3 Å². The molecule has 1 heterocycles. The monoisotopic (exact) mass is 485 g/mol. The molecule has 0 bridgehead atoms. The molecule has 1 aliphatic carbocycles. The van der Waals surface area contributed by atoms with E-state index >= 15 is 0 Å². The van der Waals surface area contributed by atoms with Crippen molar-refractivity contribution in [1.82, 2.24) is 5.32 Å². The highest BCUT2D eigenvalue weighted by Crippen LogP contribution is 2.40. The molecule has 3 N–H and O–H groups in total. The smallest absolute Gasteiger partial charge is 0.244 e. The van der Waals surface area contributed by atoms with Crippen LogP contribution in [0.4, 0.5) is 0 Å². The van der Waals surface area contributed by atoms with E-state index in [4.69, 9.17) is 4.74 Å². The number of aliphatic hydroxyl groups excluding tert-OH is 1. The number of epoxide rings is 1. The Balaban J connectivity index is 1.73. The molecular weight excluding hydrogens is 442 g/mol. The Bertz CT molecular complexity index is 870. The zero-order valence-corrected chi connectivity index (χ0v) is 21.8. The van der Waals surface area contributed by atoms with Crippen molar-refractivity contribution in [2.45, 2.75) is 84.2 Å². The molecule has 1 aliphatic heterocycles. The third-order valence-corrected chi connectivity index (χ3v) is 6.66. The van der Waals surface area contributed by atoms with Gasteiger partial charge in [0.05, 0.1) is 12.6 Å². The summed E-state index contributed by atoms with van der Waals surface area (Å²) in [5.74, 6) is 0.852. The molecule has 2 aliphatic rings. The van der Waals surface area contributed by atoms with Crippen LogP contribution in [0.15, 0.2) is 60.3 Å². The number of rotatable bonds is 14. The van der Waals surface area contributed by atoms with Crippen LogP contribution in [0.3, 0.4) is 0 Å². The lowest BCUT2D eigenvalue weighted by Gasteiger charge is -2.29. The van der Waals surface area contributed by atoms with E-state index < -0.39 is 36.0 Å². The summed E-state index contributed by atoms with van der Waals surface area (Å²) in [5.41, 5.74) is -0.248. The van der Waals surface area contributed by atoms with E-state index in [1.165, 1.54) is 24.1 Å². The van der Waals surface area contributed by atoms with Gasteiger partial charge < -0.3 is 20.3 Å². The molecule has 1 fully saturated rings. The van der Waals surface area contributed by atoms with Gasteiger partial charge in [-0.15, -0.1) is 0 Å². The fraction of sp³-hybridized carbons (Fsp3) is 0.586. The Hall–Kier alpha value is -2.28. The Morgan fingerprint density at radius 3 is 2.60 bits per heavy atom. The standard InChI is InChI=1S/C29H43NO5/c1-6-20(2)15-22(4)17-23(5)16-21(3)11-9-7-8-10-12-27(33)30-24(19-31)18-29(34)26(32)14-13-25-28(29)35-25/h7-15,20-21,23-25,28,31,34H,6,16-19H2,1-5H3,(H,30,33)/b8-7+,11-9+,12-10+,22-15+/t20?,21?,23?,24-,25-,28-,29+/m0/s1. The minimum absolute atomic E-state index is 0.102. The predicted octanol–water partition coefficient (Wildman–Crippen LogP) is 4.20. The fourth-order valence-electron chi connectivity index (χ4n) is 4.67. The van der Waals surface area contributed by atoms with Crippen LogP contribution in [0.1, 0.15) is 60.3 Å². The van der Waals surface area contributed by atoms with Crippen molar-refractivity contribution in [3.63, 3.8) is 0 Å². The summed E-state index contributed by atoms with van der Waals surface area (Å²) in [6.45, 7) is 10.8. The number of allylic oxidation sites excluding steroid dienone is 7. The first-order valence-electron chi connectivity index (χ1n) is 12.8. The van der Waals surface area contributed by atoms with Gasteiger partial charge in [0.2, 0.25) is 5.91 Å². The Morgan fingerprint density at radius 1 is 1.20 bits per heavy atom. The van der Waals surface area contributed by atoms with E-state index in [0.717, 1.165) is 12.8 Å². The van der Waals surface area contributed by atoms with E-state index in [1.807, 2.05) is 12.2 Å². The van der Waals surface area contributed by atoms with Crippen molar-refractivity contribution in [3.8, 4) is 0 Å². The predicted molar refractivity (Wildman–Crippen MR) is 140 cm³/mol. The summed E-state index contributed by atoms with van der Waals surface area (Å²) >= 11 is 0. The Labute approximate surface area is 210 Å². The van der Waals surface area contributed by atoms with Crippen molar-refractivity contribution in [1.29, 1.82) is 0 Å². The van der Waals surface area contributed by atoms with Crippen LogP contribution >= 0.6 is 0 Å². The fourth-order valence-corrected chi connectivity index (χ4v) is 4.67. The quantitative estimate of drug-likeness (QED) is 0.148. The molecule has 0 aromatic rings. The average Bonchev–Trinajstić information content (AvgIpc) is 3.59. The number of ketones is 1. The molecule has 0 aromatic heterocycles. The molecule has 1 saturated heterocycles. The summed E-state index contributed by atoms with van der Waals surface area (Å²) < 4.78 is 5.31. The molecular formula is C29H43NO5. The molecule has 1 amide bonds. The van der Waals surface area contributed by atoms with Gasteiger partial charge in [-0.1, -0.05) is 76.1 Å². The third kappa shape index (κ3) is 9.36. The van der Waals surface area contributed by atoms with E-state index in [2.05, 4.69) is 52.1 Å². The highest BCUT2D eigenvalue weighted by molar-refractivity contribution is 5.99. The lowest BCUT2D eigenvalue weighted by molar-refractivity contribution is -0.137. The van der Waals surface area contributed by atoms with Gasteiger partial charge >= 0.3 is 0 Å². The van der Waals surface area contributed by atoms with Gasteiger partial charge in [0.15, 0.2) is 11.4 Å². The topological polar surface area (TPSA) is 99.2 Å². The number of amides is 1. The van der Waals surface area contributed by atoms with Gasteiger partial charge in [-0.05, 0) is 49.7 Å². The molecule has 0 aromatic carbocycles. The number of nitrogens with one attached hydrogen (secondary N) is 1. The number of carbonyl (C=O) groups excluding carboxylic acids is 2. The van der Waals surface area contributed by atoms with E-state index in [9.17, 15) is 19.8 Å². The van der Waals surface area contributed by atoms with Gasteiger partial charge in [-0.25, -0.2) is 0 Å². The van der Waals surface area contributed by atoms with Gasteiger partial charge in [-0.2, -0.15) is 0 Å². The Kier molecular flexibility index (Phi) is 11.3. The summed E-state index contributed by atoms with van der Waals surface area (Å²) in [6, 6.07) is -0.757. The van der Waals surface area contributed by atoms with Crippen LogP contribution in [0, 0.1) is 17.8 Å². The maximum absolute atomic E-state index is 12.2. The van der Waals surface area contributed by atoms with Crippen LogP contribution in [0.2, 0.25) is 0 Å². The number of hydrogen-bond donors (Lipinski definition) is 3. The minimum Gasteiger partial charge on any atom is -0.394 e. The van der Waals surface area contributed by atoms with Gasteiger partial charge in [0.25, 0.3) is 0 Å². The molecule has 0 saturated carbocycles. The SMILES string of the molecule is CCC(C)/C=C(\C)CC(C)CC(C)/C=C/C=C/C=C/C(=O)N[C@H](CO)C[C@@]1(O)C(=O)C=C[C@@H]2O[C@@H]21. The van der Waals surface area contributed by atoms with Crippen LogP contribution in [-0.4, -0.2) is 52.4 Å². The van der Waals surface area contributed by atoms with Crippen LogP contribution in [0.25, 0.3) is 0 Å². The first-order valence-corrected chi connectivity index (χ1v) is 12.8. The normalized spacial score (nSPS) is 27.9. The second-order valence-electron chi connectivity index (χ2n) is 10.3. The zero-order valence-electron chi connectivity index (χ0n) is 21.8. The largest absolute Gasteiger partial charge is 0.394 e. The van der Waals surface area contributed by atoms with Crippen molar-refractivity contribution in [3.05, 3.63) is 60.3 Å². The zero-order chi connectivity index (χ0) is 26.0. The molecule has 2 rings (SSSR count). The first-order chi connectivity index (χ1) is 16.6. The number of ether oxygens (including phenoxy) is 1. The second-order valence-corrected chi connectivity index (χ2v) is 10.3. The van der Waals surface area contributed by atoms with Crippen molar-refractivity contribution >= 4 is 11.7 Å². The number of aliphatic hydroxyl groups is 2. The summed E-state index contributed by atoms with van der Waals surface area (Å²) in [7, 11) is 0. The molecule has 7 atom stereocenters. The molecule has 6 nitrogen and oxygen atoms in total. The highest BCUT2D eigenvalue weighted by Gasteiger charge is 2.59. The van der Waals surface area contributed by atoms with E-state index in [1.54, 1.807) is 18.2 Å². The summed E-state index contributed by atoms with van der Waals surface area (Å²) in [4.78, 5) is 24.3. The van der Waals surface area contributed by atoms with Gasteiger partial charge in [0.1, 0.15) is 12.2 Å². The number of fused-ring (bicyclic) bond motifs is 1. The summed E-state index contributed by atoms with van der Waals surface area (Å²) in [5, 5.41) is 22.9. The maximum atomic E-state index is 12.2. The molecule has 194 valence electrons. The van der Waals surface area contributed by atoms with Gasteiger partial charge in [-0.3, -0.25) is 9.59 Å². The highest BCUT2D eigenvalue weighted by atomic mass is 16.6. The van der Waals surface area contributed by atoms with E-state index in [0.29, 0.717) is 17.8 Å². The maximum Gasteiger partial charge on any atom is 0.244 e.